The van der Waals surface area contributed by atoms with Crippen LogP contribution in [0.4, 0.5) is 21.7 Å². The molecule has 0 amide bonds. The fourth-order valence-corrected chi connectivity index (χ4v) is 1.59. The summed E-state index contributed by atoms with van der Waals surface area (Å²) in [6.45, 7) is 0. The monoisotopic (exact) mass is 297 g/mol. The molecule has 5 nitrogen and oxygen atoms in total. The average molecular weight is 298 g/mol. The van der Waals surface area contributed by atoms with Crippen LogP contribution >= 0.6 is 15.9 Å². The van der Waals surface area contributed by atoms with Gasteiger partial charge in [-0.25, -0.2) is 15.2 Å². The minimum atomic E-state index is -0.374. The Balaban J connectivity index is 2.27. The molecule has 1 heterocycles. The first kappa shape index (κ1) is 11.7. The van der Waals surface area contributed by atoms with Crippen LogP contribution in [0.25, 0.3) is 0 Å². The minimum absolute atomic E-state index is 0.308. The highest BCUT2D eigenvalue weighted by molar-refractivity contribution is 9.10. The van der Waals surface area contributed by atoms with Crippen molar-refractivity contribution < 1.29 is 4.39 Å². The maximum absolute atomic E-state index is 13.5. The van der Waals surface area contributed by atoms with Crippen LogP contribution in [-0.4, -0.2) is 9.97 Å². The van der Waals surface area contributed by atoms with Gasteiger partial charge >= 0.3 is 0 Å². The average Bonchev–Trinajstić information content (AvgIpc) is 2.34. The van der Waals surface area contributed by atoms with Crippen LogP contribution in [0.2, 0.25) is 0 Å². The Hall–Kier alpha value is -1.73. The molecule has 0 spiro atoms. The lowest BCUT2D eigenvalue weighted by Crippen LogP contribution is -2.09. The van der Waals surface area contributed by atoms with Gasteiger partial charge < -0.3 is 10.7 Å². The summed E-state index contributed by atoms with van der Waals surface area (Å²) in [5, 5.41) is 2.81. The van der Waals surface area contributed by atoms with Crippen LogP contribution in [0.3, 0.4) is 0 Å². The van der Waals surface area contributed by atoms with E-state index in [0.29, 0.717) is 17.3 Å². The van der Waals surface area contributed by atoms with E-state index in [1.165, 1.54) is 18.5 Å². The summed E-state index contributed by atoms with van der Waals surface area (Å²) in [4.78, 5) is 7.97. The van der Waals surface area contributed by atoms with Crippen molar-refractivity contribution in [3.63, 3.8) is 0 Å². The number of nitrogens with two attached hydrogens (primary N) is 1. The summed E-state index contributed by atoms with van der Waals surface area (Å²) in [7, 11) is 0. The molecule has 0 radical (unpaired) electrons. The lowest BCUT2D eigenvalue weighted by Gasteiger charge is -2.07. The summed E-state index contributed by atoms with van der Waals surface area (Å²) < 4.78 is 14.2. The zero-order chi connectivity index (χ0) is 12.3. The molecule has 4 N–H and O–H groups in total. The molecule has 0 saturated heterocycles. The van der Waals surface area contributed by atoms with Crippen molar-refractivity contribution in [1.29, 1.82) is 0 Å². The molecule has 2 aromatic rings. The van der Waals surface area contributed by atoms with Gasteiger partial charge in [-0.2, -0.15) is 0 Å². The molecule has 0 aliphatic heterocycles. The van der Waals surface area contributed by atoms with Gasteiger partial charge in [-0.1, -0.05) is 15.9 Å². The van der Waals surface area contributed by atoms with Gasteiger partial charge in [-0.05, 0) is 18.2 Å². The van der Waals surface area contributed by atoms with Crippen LogP contribution in [0, 0.1) is 5.82 Å². The number of anilines is 3. The van der Waals surface area contributed by atoms with Crippen LogP contribution in [0.1, 0.15) is 0 Å². The van der Waals surface area contributed by atoms with Crippen molar-refractivity contribution in [2.75, 3.05) is 10.7 Å². The first-order valence-corrected chi connectivity index (χ1v) is 5.49. The van der Waals surface area contributed by atoms with E-state index in [1.807, 2.05) is 0 Å². The van der Waals surface area contributed by atoms with Crippen LogP contribution in [0.15, 0.2) is 35.1 Å². The SMILES string of the molecule is NNc1cncc(Nc2cc(Br)ccc2F)n1. The van der Waals surface area contributed by atoms with E-state index in [4.69, 9.17) is 5.84 Å². The molecular formula is C10H9BrFN5. The van der Waals surface area contributed by atoms with Gasteiger partial charge in [0.2, 0.25) is 0 Å². The molecule has 0 aliphatic carbocycles. The van der Waals surface area contributed by atoms with Crippen LogP contribution < -0.4 is 16.6 Å². The summed E-state index contributed by atoms with van der Waals surface area (Å²) >= 11 is 3.26. The van der Waals surface area contributed by atoms with Gasteiger partial charge in [0.25, 0.3) is 0 Å². The highest BCUT2D eigenvalue weighted by Gasteiger charge is 2.04. The molecule has 7 heteroatoms. The number of halogens is 2. The molecule has 88 valence electrons. The Morgan fingerprint density at radius 1 is 1.24 bits per heavy atom. The third-order valence-electron chi connectivity index (χ3n) is 1.97. The number of nitrogens with one attached hydrogen (secondary N) is 2. The third-order valence-corrected chi connectivity index (χ3v) is 2.47. The molecular weight excluding hydrogens is 289 g/mol. The van der Waals surface area contributed by atoms with Gasteiger partial charge in [0.05, 0.1) is 18.1 Å². The van der Waals surface area contributed by atoms with Gasteiger partial charge in [0.15, 0.2) is 11.6 Å². The first-order chi connectivity index (χ1) is 8.19. The Kier molecular flexibility index (Phi) is 3.50. The van der Waals surface area contributed by atoms with Crippen molar-refractivity contribution in [3.8, 4) is 0 Å². The molecule has 17 heavy (non-hydrogen) atoms. The maximum atomic E-state index is 13.5. The molecule has 0 atom stereocenters. The molecule has 0 bridgehead atoms. The number of nitrogens with zero attached hydrogens (tertiary/aromatic N) is 2. The largest absolute Gasteiger partial charge is 0.336 e. The quantitative estimate of drug-likeness (QED) is 0.599. The topological polar surface area (TPSA) is 75.9 Å². The fourth-order valence-electron chi connectivity index (χ4n) is 1.23. The number of hydrogen-bond donors (Lipinski definition) is 3. The van der Waals surface area contributed by atoms with E-state index in [-0.39, 0.29) is 5.82 Å². The number of nitrogen functional groups attached to an aromatic ring is 1. The Morgan fingerprint density at radius 2 is 2.00 bits per heavy atom. The highest BCUT2D eigenvalue weighted by Crippen LogP contribution is 2.23. The Morgan fingerprint density at radius 3 is 2.76 bits per heavy atom. The van der Waals surface area contributed by atoms with E-state index in [0.717, 1.165) is 4.47 Å². The van der Waals surface area contributed by atoms with E-state index in [9.17, 15) is 4.39 Å². The van der Waals surface area contributed by atoms with Crippen LogP contribution in [0.5, 0.6) is 0 Å². The maximum Gasteiger partial charge on any atom is 0.160 e. The third kappa shape index (κ3) is 2.89. The molecule has 0 unspecified atom stereocenters. The minimum Gasteiger partial charge on any atom is -0.336 e. The predicted octanol–water partition coefficient (Wildman–Crippen LogP) is 2.41. The lowest BCUT2D eigenvalue weighted by atomic mass is 10.3. The second kappa shape index (κ2) is 5.07. The zero-order valence-electron chi connectivity index (χ0n) is 8.61. The number of hydrazine groups is 1. The summed E-state index contributed by atoms with van der Waals surface area (Å²) in [6, 6.07) is 4.58. The highest BCUT2D eigenvalue weighted by atomic mass is 79.9. The number of rotatable bonds is 3. The van der Waals surface area contributed by atoms with Crippen molar-refractivity contribution in [3.05, 3.63) is 40.9 Å². The number of benzene rings is 1. The lowest BCUT2D eigenvalue weighted by molar-refractivity contribution is 0.631. The second-order valence-electron chi connectivity index (χ2n) is 3.18. The van der Waals surface area contributed by atoms with Crippen molar-refractivity contribution in [1.82, 2.24) is 9.97 Å². The van der Waals surface area contributed by atoms with Crippen molar-refractivity contribution in [2.24, 2.45) is 5.84 Å². The zero-order valence-corrected chi connectivity index (χ0v) is 10.2. The van der Waals surface area contributed by atoms with Crippen molar-refractivity contribution >= 4 is 33.3 Å². The molecule has 2 rings (SSSR count). The number of aromatic nitrogens is 2. The van der Waals surface area contributed by atoms with Crippen molar-refractivity contribution in [2.45, 2.75) is 0 Å². The Labute approximate surface area is 105 Å². The molecule has 1 aromatic heterocycles. The van der Waals surface area contributed by atoms with E-state index in [2.05, 4.69) is 36.6 Å². The Bertz CT molecular complexity index is 534. The smallest absolute Gasteiger partial charge is 0.160 e. The molecule has 1 aromatic carbocycles. The summed E-state index contributed by atoms with van der Waals surface area (Å²) in [5.41, 5.74) is 2.67. The normalized spacial score (nSPS) is 10.1. The van der Waals surface area contributed by atoms with E-state index < -0.39 is 0 Å². The van der Waals surface area contributed by atoms with Gasteiger partial charge in [-0.3, -0.25) is 4.98 Å². The summed E-state index contributed by atoms with van der Waals surface area (Å²) in [6.07, 6.45) is 2.93. The van der Waals surface area contributed by atoms with E-state index >= 15 is 0 Å². The molecule has 0 saturated carbocycles. The van der Waals surface area contributed by atoms with Gasteiger partial charge in [0, 0.05) is 4.47 Å². The van der Waals surface area contributed by atoms with Crippen LogP contribution in [-0.2, 0) is 0 Å². The summed E-state index contributed by atoms with van der Waals surface area (Å²) in [5.74, 6) is 5.62. The predicted molar refractivity (Wildman–Crippen MR) is 67.2 cm³/mol. The standard InChI is InChI=1S/C10H9BrFN5/c11-6-1-2-7(12)8(3-6)15-9-4-14-5-10(16-9)17-13/h1-5H,13H2,(H2,15,16,17). The van der Waals surface area contributed by atoms with Gasteiger partial charge in [0.1, 0.15) is 5.82 Å². The van der Waals surface area contributed by atoms with Gasteiger partial charge in [-0.15, -0.1) is 0 Å². The molecule has 0 aliphatic rings. The van der Waals surface area contributed by atoms with E-state index in [1.54, 1.807) is 12.1 Å². The fraction of sp³-hybridized carbons (Fsp3) is 0. The molecule has 0 fully saturated rings. The number of hydrogen-bond acceptors (Lipinski definition) is 5. The first-order valence-electron chi connectivity index (χ1n) is 4.70. The second-order valence-corrected chi connectivity index (χ2v) is 4.10.